The first-order valence-corrected chi connectivity index (χ1v) is 5.82. The Bertz CT molecular complexity index is 581. The molecule has 1 unspecified atom stereocenters. The lowest BCUT2D eigenvalue weighted by atomic mass is 10.0. The third-order valence-electron chi connectivity index (χ3n) is 2.91. The molecule has 1 atom stereocenters. The molecule has 19 heavy (non-hydrogen) atoms. The van der Waals surface area contributed by atoms with Gasteiger partial charge in [0.1, 0.15) is 29.8 Å². The Morgan fingerprint density at radius 3 is 2.68 bits per heavy atom. The van der Waals surface area contributed by atoms with E-state index in [-0.39, 0.29) is 12.2 Å². The number of benzene rings is 1. The molecule has 0 saturated carbocycles. The van der Waals surface area contributed by atoms with Crippen LogP contribution >= 0.6 is 0 Å². The van der Waals surface area contributed by atoms with Crippen molar-refractivity contribution in [1.29, 1.82) is 0 Å². The highest BCUT2D eigenvalue weighted by molar-refractivity contribution is 5.33. The van der Waals surface area contributed by atoms with Gasteiger partial charge in [-0.1, -0.05) is 6.07 Å². The first-order chi connectivity index (χ1) is 9.04. The van der Waals surface area contributed by atoms with Gasteiger partial charge in [0.05, 0.1) is 6.04 Å². The van der Waals surface area contributed by atoms with E-state index in [1.165, 1.54) is 19.2 Å². The minimum atomic E-state index is -0.981. The van der Waals surface area contributed by atoms with Gasteiger partial charge in [0.15, 0.2) is 0 Å². The van der Waals surface area contributed by atoms with Crippen molar-refractivity contribution in [3.05, 3.63) is 58.5 Å². The number of furan rings is 1. The van der Waals surface area contributed by atoms with Crippen LogP contribution in [-0.4, -0.2) is 7.11 Å². The Morgan fingerprint density at radius 1 is 1.26 bits per heavy atom. The molecule has 0 radical (unpaired) electrons. The molecule has 1 heterocycles. The molecule has 2 N–H and O–H groups in total. The van der Waals surface area contributed by atoms with Gasteiger partial charge in [-0.3, -0.25) is 0 Å². The maximum atomic E-state index is 14.0. The zero-order chi connectivity index (χ0) is 14.0. The molecule has 1 aromatic heterocycles. The normalized spacial score (nSPS) is 12.7. The highest BCUT2D eigenvalue weighted by Crippen LogP contribution is 2.28. The molecule has 3 nitrogen and oxygen atoms in total. The highest BCUT2D eigenvalue weighted by Gasteiger charge is 2.22. The lowest BCUT2D eigenvalue weighted by Gasteiger charge is -2.13. The topological polar surface area (TPSA) is 48.4 Å². The van der Waals surface area contributed by atoms with Crippen molar-refractivity contribution in [2.45, 2.75) is 19.6 Å². The van der Waals surface area contributed by atoms with Crippen LogP contribution in [0.25, 0.3) is 0 Å². The van der Waals surface area contributed by atoms with Gasteiger partial charge in [0.2, 0.25) is 0 Å². The van der Waals surface area contributed by atoms with Gasteiger partial charge in [-0.05, 0) is 30.7 Å². The molecule has 2 rings (SSSR count). The summed E-state index contributed by atoms with van der Waals surface area (Å²) in [6.45, 7) is 1.84. The van der Waals surface area contributed by atoms with Gasteiger partial charge < -0.3 is 14.9 Å². The molecule has 5 heteroatoms. The van der Waals surface area contributed by atoms with Crippen LogP contribution < -0.4 is 5.73 Å². The van der Waals surface area contributed by atoms with Gasteiger partial charge in [0.25, 0.3) is 0 Å². The fourth-order valence-corrected chi connectivity index (χ4v) is 1.89. The third kappa shape index (κ3) is 2.67. The van der Waals surface area contributed by atoms with Crippen LogP contribution in [0.2, 0.25) is 0 Å². The van der Waals surface area contributed by atoms with Crippen LogP contribution in [0.1, 0.15) is 28.7 Å². The second-order valence-corrected chi connectivity index (χ2v) is 4.31. The Labute approximate surface area is 110 Å². The summed E-state index contributed by atoms with van der Waals surface area (Å²) < 4.78 is 38.0. The van der Waals surface area contributed by atoms with Gasteiger partial charge in [-0.15, -0.1) is 0 Å². The lowest BCUT2D eigenvalue weighted by Crippen LogP contribution is -2.15. The number of aryl methyl sites for hydroxylation is 1. The third-order valence-corrected chi connectivity index (χ3v) is 2.91. The molecule has 102 valence electrons. The molecule has 0 amide bonds. The highest BCUT2D eigenvalue weighted by atomic mass is 19.1. The Kier molecular flexibility index (Phi) is 3.97. The van der Waals surface area contributed by atoms with Crippen molar-refractivity contribution in [2.24, 2.45) is 5.73 Å². The van der Waals surface area contributed by atoms with E-state index < -0.39 is 17.7 Å². The van der Waals surface area contributed by atoms with Crippen LogP contribution in [0.15, 0.2) is 28.7 Å². The number of methoxy groups -OCH3 is 1. The lowest BCUT2D eigenvalue weighted by molar-refractivity contribution is 0.162. The molecule has 0 aliphatic heterocycles. The van der Waals surface area contributed by atoms with Crippen molar-refractivity contribution in [1.82, 2.24) is 0 Å². The monoisotopic (exact) mass is 267 g/mol. The van der Waals surface area contributed by atoms with Gasteiger partial charge in [-0.25, -0.2) is 8.78 Å². The molecule has 0 fully saturated rings. The Balaban J connectivity index is 2.38. The second kappa shape index (κ2) is 5.50. The number of hydrogen-bond acceptors (Lipinski definition) is 3. The molecule has 2 aromatic rings. The van der Waals surface area contributed by atoms with E-state index in [0.717, 1.165) is 0 Å². The predicted octanol–water partition coefficient (Wildman–Crippen LogP) is 3.06. The summed E-state index contributed by atoms with van der Waals surface area (Å²) in [7, 11) is 1.53. The summed E-state index contributed by atoms with van der Waals surface area (Å²) in [5.41, 5.74) is 6.04. The smallest absolute Gasteiger partial charge is 0.134 e. The summed E-state index contributed by atoms with van der Waals surface area (Å²) in [6.07, 6.45) is 0. The largest absolute Gasteiger partial charge is 0.462 e. The van der Waals surface area contributed by atoms with Crippen molar-refractivity contribution in [3.63, 3.8) is 0 Å². The average molecular weight is 267 g/mol. The van der Waals surface area contributed by atoms with Crippen LogP contribution in [0, 0.1) is 18.6 Å². The number of halogens is 2. The second-order valence-electron chi connectivity index (χ2n) is 4.31. The minimum Gasteiger partial charge on any atom is -0.462 e. The van der Waals surface area contributed by atoms with Gasteiger partial charge >= 0.3 is 0 Å². The standard InChI is InChI=1S/C14H15F2NO2/c1-8-3-5-10(15)12(13(8)16)14(17)11-6-4-9(19-11)7-18-2/h3-6,14H,7,17H2,1-2H3. The van der Waals surface area contributed by atoms with Crippen LogP contribution in [-0.2, 0) is 11.3 Å². The number of rotatable bonds is 4. The van der Waals surface area contributed by atoms with E-state index in [9.17, 15) is 8.78 Å². The molecule has 0 aliphatic rings. The average Bonchev–Trinajstić information content (AvgIpc) is 2.83. The van der Waals surface area contributed by atoms with Crippen LogP contribution in [0.4, 0.5) is 8.78 Å². The summed E-state index contributed by atoms with van der Waals surface area (Å²) in [4.78, 5) is 0. The summed E-state index contributed by atoms with van der Waals surface area (Å²) in [6, 6.07) is 4.86. The number of ether oxygens (including phenoxy) is 1. The predicted molar refractivity (Wildman–Crippen MR) is 66.5 cm³/mol. The number of nitrogens with two attached hydrogens (primary N) is 1. The van der Waals surface area contributed by atoms with Crippen molar-refractivity contribution in [2.75, 3.05) is 7.11 Å². The fourth-order valence-electron chi connectivity index (χ4n) is 1.89. The van der Waals surface area contributed by atoms with Crippen molar-refractivity contribution < 1.29 is 17.9 Å². The maximum absolute atomic E-state index is 14.0. The quantitative estimate of drug-likeness (QED) is 0.926. The van der Waals surface area contributed by atoms with Gasteiger partial charge in [0, 0.05) is 12.7 Å². The molecule has 0 spiro atoms. The molecule has 0 bridgehead atoms. The van der Waals surface area contributed by atoms with E-state index in [2.05, 4.69) is 0 Å². The fraction of sp³-hybridized carbons (Fsp3) is 0.286. The minimum absolute atomic E-state index is 0.182. The molecule has 0 aliphatic carbocycles. The first-order valence-electron chi connectivity index (χ1n) is 5.82. The Morgan fingerprint density at radius 2 is 2.00 bits per heavy atom. The molecular weight excluding hydrogens is 252 g/mol. The van der Waals surface area contributed by atoms with E-state index in [1.54, 1.807) is 19.1 Å². The molecule has 0 saturated heterocycles. The zero-order valence-corrected chi connectivity index (χ0v) is 10.7. The summed E-state index contributed by atoms with van der Waals surface area (Å²) in [5, 5.41) is 0. The van der Waals surface area contributed by atoms with E-state index >= 15 is 0 Å². The SMILES string of the molecule is COCc1ccc(C(N)c2c(F)ccc(C)c2F)o1. The van der Waals surface area contributed by atoms with E-state index in [4.69, 9.17) is 14.9 Å². The molecular formula is C14H15F2NO2. The van der Waals surface area contributed by atoms with Crippen molar-refractivity contribution >= 4 is 0 Å². The zero-order valence-electron chi connectivity index (χ0n) is 10.7. The summed E-state index contributed by atoms with van der Waals surface area (Å²) in [5.74, 6) is -0.464. The van der Waals surface area contributed by atoms with E-state index in [0.29, 0.717) is 17.1 Å². The number of hydrogen-bond donors (Lipinski definition) is 1. The Hall–Kier alpha value is -1.72. The van der Waals surface area contributed by atoms with Gasteiger partial charge in [-0.2, -0.15) is 0 Å². The summed E-state index contributed by atoms with van der Waals surface area (Å²) >= 11 is 0. The van der Waals surface area contributed by atoms with E-state index in [1.807, 2.05) is 0 Å². The van der Waals surface area contributed by atoms with Crippen LogP contribution in [0.3, 0.4) is 0 Å². The molecule has 1 aromatic carbocycles. The first kappa shape index (κ1) is 13.7. The van der Waals surface area contributed by atoms with Crippen LogP contribution in [0.5, 0.6) is 0 Å². The van der Waals surface area contributed by atoms with Crippen molar-refractivity contribution in [3.8, 4) is 0 Å². The maximum Gasteiger partial charge on any atom is 0.134 e.